The van der Waals surface area contributed by atoms with Crippen molar-refractivity contribution >= 4 is 10.9 Å². The first kappa shape index (κ1) is 14.4. The molecule has 0 bridgehead atoms. The maximum absolute atomic E-state index is 5.39. The molecule has 1 fully saturated rings. The van der Waals surface area contributed by atoms with E-state index in [1.165, 1.54) is 10.9 Å². The number of ether oxygens (including phenoxy) is 1. The topological polar surface area (TPSA) is 37.4 Å². The molecule has 1 saturated heterocycles. The lowest BCUT2D eigenvalue weighted by molar-refractivity contribution is 0.0343. The first-order valence-corrected chi connectivity index (χ1v) is 7.69. The van der Waals surface area contributed by atoms with Crippen LogP contribution in [0, 0.1) is 0 Å². The SMILES string of the molecule is C[C@H](CN1CCOCC1)NCc1cccc2cccnc12. The minimum absolute atomic E-state index is 0.460. The van der Waals surface area contributed by atoms with Crippen molar-refractivity contribution in [2.24, 2.45) is 0 Å². The van der Waals surface area contributed by atoms with Gasteiger partial charge in [-0.3, -0.25) is 9.88 Å². The number of aromatic nitrogens is 1. The van der Waals surface area contributed by atoms with Crippen LogP contribution in [-0.2, 0) is 11.3 Å². The van der Waals surface area contributed by atoms with E-state index in [1.807, 2.05) is 12.3 Å². The van der Waals surface area contributed by atoms with Gasteiger partial charge in [0.1, 0.15) is 0 Å². The highest BCUT2D eigenvalue weighted by Gasteiger charge is 2.13. The summed E-state index contributed by atoms with van der Waals surface area (Å²) in [6.45, 7) is 7.99. The Bertz CT molecular complexity index is 576. The number of para-hydroxylation sites is 1. The Labute approximate surface area is 126 Å². The smallest absolute Gasteiger partial charge is 0.0746 e. The molecule has 1 aromatic heterocycles. The van der Waals surface area contributed by atoms with Crippen molar-refractivity contribution in [2.75, 3.05) is 32.8 Å². The summed E-state index contributed by atoms with van der Waals surface area (Å²) in [7, 11) is 0. The van der Waals surface area contributed by atoms with Gasteiger partial charge in [-0.1, -0.05) is 24.3 Å². The van der Waals surface area contributed by atoms with Crippen molar-refractivity contribution in [3.63, 3.8) is 0 Å². The van der Waals surface area contributed by atoms with E-state index < -0.39 is 0 Å². The number of rotatable bonds is 5. The van der Waals surface area contributed by atoms with Crippen LogP contribution in [0.15, 0.2) is 36.5 Å². The molecule has 2 aromatic rings. The van der Waals surface area contributed by atoms with Gasteiger partial charge in [0.05, 0.1) is 18.7 Å². The van der Waals surface area contributed by atoms with E-state index in [0.29, 0.717) is 6.04 Å². The second-order valence-corrected chi connectivity index (χ2v) is 5.69. The van der Waals surface area contributed by atoms with Crippen LogP contribution in [-0.4, -0.2) is 48.8 Å². The van der Waals surface area contributed by atoms with Gasteiger partial charge in [-0.2, -0.15) is 0 Å². The predicted octanol–water partition coefficient (Wildman–Crippen LogP) is 2.05. The number of fused-ring (bicyclic) bond motifs is 1. The highest BCUT2D eigenvalue weighted by Crippen LogP contribution is 2.15. The minimum Gasteiger partial charge on any atom is -0.379 e. The molecule has 0 unspecified atom stereocenters. The van der Waals surface area contributed by atoms with E-state index in [-0.39, 0.29) is 0 Å². The molecule has 112 valence electrons. The Balaban J connectivity index is 1.58. The highest BCUT2D eigenvalue weighted by atomic mass is 16.5. The molecule has 0 amide bonds. The Morgan fingerprint density at radius 1 is 1.24 bits per heavy atom. The van der Waals surface area contributed by atoms with E-state index in [1.54, 1.807) is 0 Å². The number of hydrogen-bond acceptors (Lipinski definition) is 4. The van der Waals surface area contributed by atoms with E-state index in [0.717, 1.165) is 44.9 Å². The fourth-order valence-corrected chi connectivity index (χ4v) is 2.83. The summed E-state index contributed by atoms with van der Waals surface area (Å²) in [5, 5.41) is 4.82. The molecule has 1 aliphatic rings. The quantitative estimate of drug-likeness (QED) is 0.912. The lowest BCUT2D eigenvalue weighted by Crippen LogP contribution is -2.44. The Hall–Kier alpha value is -1.49. The van der Waals surface area contributed by atoms with Crippen LogP contribution in [0.2, 0.25) is 0 Å². The van der Waals surface area contributed by atoms with E-state index >= 15 is 0 Å². The average Bonchev–Trinajstić information content (AvgIpc) is 2.54. The fraction of sp³-hybridized carbons (Fsp3) is 0.471. The second kappa shape index (κ2) is 6.98. The molecule has 0 saturated carbocycles. The lowest BCUT2D eigenvalue weighted by atomic mass is 10.1. The average molecular weight is 285 g/mol. The van der Waals surface area contributed by atoms with Gasteiger partial charge in [-0.05, 0) is 18.6 Å². The maximum Gasteiger partial charge on any atom is 0.0746 e. The monoisotopic (exact) mass is 285 g/mol. The van der Waals surface area contributed by atoms with Gasteiger partial charge < -0.3 is 10.1 Å². The van der Waals surface area contributed by atoms with Crippen molar-refractivity contribution in [2.45, 2.75) is 19.5 Å². The summed E-state index contributed by atoms with van der Waals surface area (Å²) in [6.07, 6.45) is 1.86. The maximum atomic E-state index is 5.39. The molecule has 1 atom stereocenters. The number of morpholine rings is 1. The highest BCUT2D eigenvalue weighted by molar-refractivity contribution is 5.81. The van der Waals surface area contributed by atoms with E-state index in [9.17, 15) is 0 Å². The van der Waals surface area contributed by atoms with Crippen molar-refractivity contribution < 1.29 is 4.74 Å². The summed E-state index contributed by atoms with van der Waals surface area (Å²) >= 11 is 0. The number of pyridine rings is 1. The second-order valence-electron chi connectivity index (χ2n) is 5.69. The molecule has 1 aliphatic heterocycles. The molecule has 21 heavy (non-hydrogen) atoms. The molecule has 1 N–H and O–H groups in total. The van der Waals surface area contributed by atoms with Crippen LogP contribution in [0.4, 0.5) is 0 Å². The molecular weight excluding hydrogens is 262 g/mol. The van der Waals surface area contributed by atoms with Crippen molar-refractivity contribution in [1.82, 2.24) is 15.2 Å². The third-order valence-corrected chi connectivity index (χ3v) is 3.99. The molecule has 2 heterocycles. The Morgan fingerprint density at radius 2 is 2.05 bits per heavy atom. The van der Waals surface area contributed by atoms with Crippen molar-refractivity contribution in [1.29, 1.82) is 0 Å². The van der Waals surface area contributed by atoms with Gasteiger partial charge in [0.15, 0.2) is 0 Å². The first-order chi connectivity index (χ1) is 10.3. The van der Waals surface area contributed by atoms with Gasteiger partial charge in [0.2, 0.25) is 0 Å². The third kappa shape index (κ3) is 3.79. The molecule has 3 rings (SSSR count). The minimum atomic E-state index is 0.460. The number of nitrogens with one attached hydrogen (secondary N) is 1. The van der Waals surface area contributed by atoms with Crippen LogP contribution < -0.4 is 5.32 Å². The van der Waals surface area contributed by atoms with Gasteiger partial charge >= 0.3 is 0 Å². The molecule has 4 heteroatoms. The summed E-state index contributed by atoms with van der Waals surface area (Å²) < 4.78 is 5.39. The van der Waals surface area contributed by atoms with Crippen LogP contribution in [0.3, 0.4) is 0 Å². The largest absolute Gasteiger partial charge is 0.379 e. The standard InChI is InChI=1S/C17H23N3O/c1-14(13-20-8-10-21-11-9-20)19-12-16-5-2-4-15-6-3-7-18-17(15)16/h2-7,14,19H,8-13H2,1H3/t14-/m1/s1. The number of hydrogen-bond donors (Lipinski definition) is 1. The van der Waals surface area contributed by atoms with Gasteiger partial charge in [-0.25, -0.2) is 0 Å². The summed E-state index contributed by atoms with van der Waals surface area (Å²) in [5.74, 6) is 0. The number of benzene rings is 1. The lowest BCUT2D eigenvalue weighted by Gasteiger charge is -2.29. The molecule has 0 spiro atoms. The zero-order chi connectivity index (χ0) is 14.5. The summed E-state index contributed by atoms with van der Waals surface area (Å²) in [6, 6.07) is 10.9. The first-order valence-electron chi connectivity index (χ1n) is 7.69. The van der Waals surface area contributed by atoms with Gasteiger partial charge in [0.25, 0.3) is 0 Å². The van der Waals surface area contributed by atoms with Crippen molar-refractivity contribution in [3.8, 4) is 0 Å². The summed E-state index contributed by atoms with van der Waals surface area (Å²) in [4.78, 5) is 6.97. The molecule has 0 aliphatic carbocycles. The fourth-order valence-electron chi connectivity index (χ4n) is 2.83. The van der Waals surface area contributed by atoms with Gasteiger partial charge in [0, 0.05) is 43.8 Å². The van der Waals surface area contributed by atoms with Crippen LogP contribution in [0.1, 0.15) is 12.5 Å². The van der Waals surface area contributed by atoms with Gasteiger partial charge in [-0.15, -0.1) is 0 Å². The zero-order valence-corrected chi connectivity index (χ0v) is 12.6. The Kier molecular flexibility index (Phi) is 4.80. The molecule has 1 aromatic carbocycles. The zero-order valence-electron chi connectivity index (χ0n) is 12.6. The van der Waals surface area contributed by atoms with E-state index in [4.69, 9.17) is 4.74 Å². The van der Waals surface area contributed by atoms with Crippen LogP contribution >= 0.6 is 0 Å². The van der Waals surface area contributed by atoms with E-state index in [2.05, 4.69) is 46.4 Å². The number of nitrogens with zero attached hydrogens (tertiary/aromatic N) is 2. The predicted molar refractivity (Wildman–Crippen MR) is 85.3 cm³/mol. The molecular formula is C17H23N3O. The molecule has 0 radical (unpaired) electrons. The third-order valence-electron chi connectivity index (χ3n) is 3.99. The van der Waals surface area contributed by atoms with Crippen molar-refractivity contribution in [3.05, 3.63) is 42.1 Å². The Morgan fingerprint density at radius 3 is 2.90 bits per heavy atom. The summed E-state index contributed by atoms with van der Waals surface area (Å²) in [5.41, 5.74) is 2.37. The normalized spacial score (nSPS) is 18.0. The molecule has 4 nitrogen and oxygen atoms in total. The van der Waals surface area contributed by atoms with Crippen LogP contribution in [0.5, 0.6) is 0 Å². The van der Waals surface area contributed by atoms with Crippen LogP contribution in [0.25, 0.3) is 10.9 Å².